The minimum Gasteiger partial charge on any atom is -0.382 e. The predicted molar refractivity (Wildman–Crippen MR) is 79.8 cm³/mol. The number of benzene rings is 1. The molecular formula is C14H20N2O4S. The number of hydrogen-bond donors (Lipinski definition) is 2. The van der Waals surface area contributed by atoms with Gasteiger partial charge in [0.25, 0.3) is 0 Å². The van der Waals surface area contributed by atoms with Crippen LogP contribution in [0.25, 0.3) is 0 Å². The van der Waals surface area contributed by atoms with Crippen LogP contribution in [-0.2, 0) is 19.6 Å². The van der Waals surface area contributed by atoms with Crippen LogP contribution in [0.5, 0.6) is 0 Å². The van der Waals surface area contributed by atoms with Crippen molar-refractivity contribution in [3.8, 4) is 0 Å². The lowest BCUT2D eigenvalue weighted by atomic mass is 10.0. The molecule has 0 radical (unpaired) electrons. The zero-order valence-corrected chi connectivity index (χ0v) is 13.0. The van der Waals surface area contributed by atoms with E-state index in [-0.39, 0.29) is 16.7 Å². The van der Waals surface area contributed by atoms with Crippen molar-refractivity contribution in [2.45, 2.75) is 31.1 Å². The monoisotopic (exact) mass is 312 g/mol. The molecule has 1 aliphatic rings. The maximum Gasteiger partial charge on any atom is 0.240 e. The van der Waals surface area contributed by atoms with Gasteiger partial charge < -0.3 is 10.1 Å². The third-order valence-electron chi connectivity index (χ3n) is 3.41. The fourth-order valence-electron chi connectivity index (χ4n) is 2.17. The lowest BCUT2D eigenvalue weighted by molar-refractivity contribution is -0.116. The van der Waals surface area contributed by atoms with Crippen molar-refractivity contribution in [1.82, 2.24) is 4.72 Å². The zero-order chi connectivity index (χ0) is 15.5. The molecule has 0 fully saturated rings. The van der Waals surface area contributed by atoms with E-state index in [0.29, 0.717) is 31.9 Å². The van der Waals surface area contributed by atoms with Gasteiger partial charge in [-0.1, -0.05) is 0 Å². The molecule has 0 unspecified atom stereocenters. The Bertz CT molecular complexity index is 628. The van der Waals surface area contributed by atoms with E-state index in [1.807, 2.05) is 6.92 Å². The Labute approximate surface area is 124 Å². The van der Waals surface area contributed by atoms with Gasteiger partial charge in [-0.2, -0.15) is 0 Å². The standard InChI is InChI=1S/C14H20N2O4S/c1-3-20-8-4-7-15-21(18,19)11-5-6-13-12(9-11)10(2)14(17)16-13/h5-6,9-10,15H,3-4,7-8H2,1-2H3,(H,16,17)/t10-/m1/s1. The van der Waals surface area contributed by atoms with Gasteiger partial charge in [-0.3, -0.25) is 4.79 Å². The summed E-state index contributed by atoms with van der Waals surface area (Å²) in [5.74, 6) is -0.433. The first-order valence-electron chi connectivity index (χ1n) is 6.98. The summed E-state index contributed by atoms with van der Waals surface area (Å²) in [6.45, 7) is 5.12. The van der Waals surface area contributed by atoms with Crippen LogP contribution in [0.1, 0.15) is 31.7 Å². The van der Waals surface area contributed by atoms with Crippen LogP contribution in [0, 0.1) is 0 Å². The van der Waals surface area contributed by atoms with Gasteiger partial charge in [0.15, 0.2) is 0 Å². The highest BCUT2D eigenvalue weighted by Crippen LogP contribution is 2.33. The van der Waals surface area contributed by atoms with Crippen molar-refractivity contribution < 1.29 is 17.9 Å². The molecule has 7 heteroatoms. The number of amides is 1. The lowest BCUT2D eigenvalue weighted by Crippen LogP contribution is -2.25. The third kappa shape index (κ3) is 3.61. The average molecular weight is 312 g/mol. The molecule has 0 saturated carbocycles. The molecule has 1 aromatic rings. The number of sulfonamides is 1. The SMILES string of the molecule is CCOCCCNS(=O)(=O)c1ccc2c(c1)[C@@H](C)C(=O)N2. The van der Waals surface area contributed by atoms with Crippen LogP contribution in [0.15, 0.2) is 23.1 Å². The molecule has 1 amide bonds. The Morgan fingerprint density at radius 3 is 2.86 bits per heavy atom. The number of carbonyl (C=O) groups is 1. The van der Waals surface area contributed by atoms with E-state index in [4.69, 9.17) is 4.74 Å². The number of anilines is 1. The van der Waals surface area contributed by atoms with Crippen molar-refractivity contribution in [3.63, 3.8) is 0 Å². The largest absolute Gasteiger partial charge is 0.382 e. The Morgan fingerprint density at radius 2 is 2.14 bits per heavy atom. The minimum atomic E-state index is -3.55. The molecule has 2 N–H and O–H groups in total. The lowest BCUT2D eigenvalue weighted by Gasteiger charge is -2.09. The Kier molecular flexibility index (Phi) is 4.97. The van der Waals surface area contributed by atoms with Crippen LogP contribution >= 0.6 is 0 Å². The summed E-state index contributed by atoms with van der Waals surface area (Å²) in [6.07, 6.45) is 0.619. The number of nitrogens with one attached hydrogen (secondary N) is 2. The Balaban J connectivity index is 2.06. The quantitative estimate of drug-likeness (QED) is 0.746. The summed E-state index contributed by atoms with van der Waals surface area (Å²) in [5, 5.41) is 2.72. The highest BCUT2D eigenvalue weighted by atomic mass is 32.2. The Morgan fingerprint density at radius 1 is 1.38 bits per heavy atom. The number of fused-ring (bicyclic) bond motifs is 1. The molecular weight excluding hydrogens is 292 g/mol. The molecule has 21 heavy (non-hydrogen) atoms. The second-order valence-electron chi connectivity index (χ2n) is 4.91. The molecule has 116 valence electrons. The molecule has 1 atom stereocenters. The molecule has 1 aromatic carbocycles. The van der Waals surface area contributed by atoms with Crippen molar-refractivity contribution in [2.75, 3.05) is 25.1 Å². The van der Waals surface area contributed by atoms with E-state index < -0.39 is 10.0 Å². The van der Waals surface area contributed by atoms with Crippen LogP contribution in [0.3, 0.4) is 0 Å². The minimum absolute atomic E-state index is 0.107. The molecule has 1 aliphatic heterocycles. The zero-order valence-electron chi connectivity index (χ0n) is 12.2. The Hall–Kier alpha value is -1.44. The molecule has 6 nitrogen and oxygen atoms in total. The molecule has 2 rings (SSSR count). The van der Waals surface area contributed by atoms with Crippen molar-refractivity contribution >= 4 is 21.6 Å². The third-order valence-corrected chi connectivity index (χ3v) is 4.87. The first kappa shape index (κ1) is 15.9. The smallest absolute Gasteiger partial charge is 0.240 e. The van der Waals surface area contributed by atoms with Crippen LogP contribution in [0.2, 0.25) is 0 Å². The summed E-state index contributed by atoms with van der Waals surface area (Å²) in [5.41, 5.74) is 1.40. The molecule has 0 aliphatic carbocycles. The van der Waals surface area contributed by atoms with E-state index in [2.05, 4.69) is 10.0 Å². The second-order valence-corrected chi connectivity index (χ2v) is 6.68. The van der Waals surface area contributed by atoms with E-state index in [1.54, 1.807) is 19.1 Å². The molecule has 0 bridgehead atoms. The van der Waals surface area contributed by atoms with Crippen molar-refractivity contribution in [3.05, 3.63) is 23.8 Å². The van der Waals surface area contributed by atoms with Crippen LogP contribution < -0.4 is 10.0 Å². The number of hydrogen-bond acceptors (Lipinski definition) is 4. The number of ether oxygens (including phenoxy) is 1. The topological polar surface area (TPSA) is 84.5 Å². The van der Waals surface area contributed by atoms with E-state index in [0.717, 1.165) is 5.56 Å². The maximum absolute atomic E-state index is 12.2. The van der Waals surface area contributed by atoms with Gasteiger partial charge >= 0.3 is 0 Å². The van der Waals surface area contributed by atoms with Gasteiger partial charge in [0.05, 0.1) is 10.8 Å². The normalized spacial score (nSPS) is 17.6. The van der Waals surface area contributed by atoms with Crippen LogP contribution in [0.4, 0.5) is 5.69 Å². The molecule has 0 saturated heterocycles. The van der Waals surface area contributed by atoms with E-state index >= 15 is 0 Å². The fourth-order valence-corrected chi connectivity index (χ4v) is 3.28. The van der Waals surface area contributed by atoms with Gasteiger partial charge in [-0.15, -0.1) is 0 Å². The van der Waals surface area contributed by atoms with Gasteiger partial charge in [-0.25, -0.2) is 13.1 Å². The second kappa shape index (κ2) is 6.55. The van der Waals surface area contributed by atoms with Gasteiger partial charge in [0.1, 0.15) is 0 Å². The average Bonchev–Trinajstić information content (AvgIpc) is 2.73. The summed E-state index contributed by atoms with van der Waals surface area (Å²) in [6, 6.07) is 4.69. The number of carbonyl (C=O) groups excluding carboxylic acids is 1. The molecule has 0 spiro atoms. The van der Waals surface area contributed by atoms with Gasteiger partial charge in [0.2, 0.25) is 15.9 Å². The summed E-state index contributed by atoms with van der Waals surface area (Å²) < 4.78 is 32.1. The highest BCUT2D eigenvalue weighted by molar-refractivity contribution is 7.89. The van der Waals surface area contributed by atoms with Gasteiger partial charge in [0, 0.05) is 25.4 Å². The van der Waals surface area contributed by atoms with Crippen molar-refractivity contribution in [2.24, 2.45) is 0 Å². The fraction of sp³-hybridized carbons (Fsp3) is 0.500. The summed E-state index contributed by atoms with van der Waals surface area (Å²) in [4.78, 5) is 11.8. The van der Waals surface area contributed by atoms with Crippen molar-refractivity contribution in [1.29, 1.82) is 0 Å². The first-order valence-corrected chi connectivity index (χ1v) is 8.46. The predicted octanol–water partition coefficient (Wildman–Crippen LogP) is 1.45. The van der Waals surface area contributed by atoms with Gasteiger partial charge in [-0.05, 0) is 44.0 Å². The number of rotatable bonds is 7. The van der Waals surface area contributed by atoms with Crippen LogP contribution in [-0.4, -0.2) is 34.1 Å². The molecule has 1 heterocycles. The maximum atomic E-state index is 12.2. The summed E-state index contributed by atoms with van der Waals surface area (Å²) >= 11 is 0. The molecule has 0 aromatic heterocycles. The highest BCUT2D eigenvalue weighted by Gasteiger charge is 2.28. The van der Waals surface area contributed by atoms with E-state index in [1.165, 1.54) is 6.07 Å². The first-order chi connectivity index (χ1) is 9.95. The summed E-state index contributed by atoms with van der Waals surface area (Å²) in [7, 11) is -3.55. The van der Waals surface area contributed by atoms with E-state index in [9.17, 15) is 13.2 Å².